The van der Waals surface area contributed by atoms with Crippen LogP contribution in [0.15, 0.2) is 0 Å². The first kappa shape index (κ1) is 10.3. The molecule has 2 heteroatoms. The quantitative estimate of drug-likeness (QED) is 0.601. The smallest absolute Gasteiger partial charge is 0.0824 e. The summed E-state index contributed by atoms with van der Waals surface area (Å²) in [4.78, 5) is 0. The summed E-state index contributed by atoms with van der Waals surface area (Å²) in [7, 11) is -1.19. The van der Waals surface area contributed by atoms with Gasteiger partial charge in [-0.25, -0.2) is 0 Å². The second-order valence-corrected chi connectivity index (χ2v) is 10.2. The average Bonchev–Trinajstić information content (AvgIpc) is 2.04. The Balaban J connectivity index is 2.73. The van der Waals surface area contributed by atoms with Gasteiger partial charge in [0.1, 0.15) is 0 Å². The van der Waals surface area contributed by atoms with Crippen molar-refractivity contribution < 1.29 is 4.74 Å². The van der Waals surface area contributed by atoms with Crippen molar-refractivity contribution in [3.8, 4) is 0 Å². The highest BCUT2D eigenvalue weighted by molar-refractivity contribution is 6.79. The average molecular weight is 185 g/mol. The Hall–Kier alpha value is 0.177. The van der Waals surface area contributed by atoms with E-state index in [9.17, 15) is 0 Å². The molecule has 0 aromatic rings. The van der Waals surface area contributed by atoms with E-state index in [1.807, 2.05) is 0 Å². The molecule has 0 spiro atoms. The van der Waals surface area contributed by atoms with Crippen LogP contribution in [0.3, 0.4) is 0 Å². The van der Waals surface area contributed by atoms with Crippen LogP contribution in [0.5, 0.6) is 0 Å². The molecule has 1 radical (unpaired) electrons. The van der Waals surface area contributed by atoms with Gasteiger partial charge in [0, 0.05) is 6.61 Å². The minimum absolute atomic E-state index is 0.186. The van der Waals surface area contributed by atoms with E-state index in [2.05, 4.69) is 26.6 Å². The van der Waals surface area contributed by atoms with Crippen LogP contribution in [-0.4, -0.2) is 19.9 Å². The summed E-state index contributed by atoms with van der Waals surface area (Å²) in [5.74, 6) is 0. The van der Waals surface area contributed by atoms with Gasteiger partial charge < -0.3 is 4.74 Å². The molecule has 0 N–H and O–H groups in total. The molecule has 71 valence electrons. The lowest BCUT2D eigenvalue weighted by Gasteiger charge is -2.45. The van der Waals surface area contributed by atoms with Crippen LogP contribution >= 0.6 is 0 Å². The zero-order chi connectivity index (χ0) is 9.24. The summed E-state index contributed by atoms with van der Waals surface area (Å²) < 4.78 is 5.98. The molecule has 0 bridgehead atoms. The molecule has 1 rings (SSSR count). The lowest BCUT2D eigenvalue weighted by molar-refractivity contribution is -0.0240. The molecule has 0 saturated carbocycles. The van der Waals surface area contributed by atoms with Crippen molar-refractivity contribution in [3.63, 3.8) is 0 Å². The molecule has 1 fully saturated rings. The van der Waals surface area contributed by atoms with Gasteiger partial charge in [-0.2, -0.15) is 0 Å². The van der Waals surface area contributed by atoms with Gasteiger partial charge in [-0.05, 0) is 25.7 Å². The molecule has 12 heavy (non-hydrogen) atoms. The van der Waals surface area contributed by atoms with E-state index in [1.165, 1.54) is 19.3 Å². The molecule has 1 heterocycles. The summed E-state index contributed by atoms with van der Waals surface area (Å²) in [5, 5.41) is 0.186. The van der Waals surface area contributed by atoms with Gasteiger partial charge in [0.25, 0.3) is 0 Å². The van der Waals surface area contributed by atoms with Crippen molar-refractivity contribution in [1.29, 1.82) is 0 Å². The van der Waals surface area contributed by atoms with Crippen LogP contribution in [0.4, 0.5) is 0 Å². The second kappa shape index (κ2) is 3.50. The number of ether oxygens (including phenoxy) is 1. The molecular weight excluding hydrogens is 164 g/mol. The van der Waals surface area contributed by atoms with Gasteiger partial charge in [0.05, 0.1) is 13.3 Å². The predicted octanol–water partition coefficient (Wildman–Crippen LogP) is 3.03. The van der Waals surface area contributed by atoms with E-state index in [-0.39, 0.29) is 5.22 Å². The van der Waals surface area contributed by atoms with E-state index >= 15 is 0 Å². The standard InChI is InChI=1S/C10H21OSi/c1-5-10(12(2,3)4)8-6-7-9-11-10/h1,5-9H2,2-4H3. The summed E-state index contributed by atoms with van der Waals surface area (Å²) >= 11 is 0. The first-order valence-corrected chi connectivity index (χ1v) is 8.45. The highest BCUT2D eigenvalue weighted by atomic mass is 28.3. The SMILES string of the molecule is [CH2]CC1([Si](C)(C)C)CCCCO1. The highest BCUT2D eigenvalue weighted by Crippen LogP contribution is 2.36. The predicted molar refractivity (Wildman–Crippen MR) is 55.9 cm³/mol. The minimum Gasteiger partial charge on any atom is -0.378 e. The Bertz CT molecular complexity index is 142. The van der Waals surface area contributed by atoms with Crippen molar-refractivity contribution >= 4 is 8.07 Å². The van der Waals surface area contributed by atoms with Crippen LogP contribution in [-0.2, 0) is 4.74 Å². The Morgan fingerprint density at radius 3 is 2.25 bits per heavy atom. The maximum Gasteiger partial charge on any atom is 0.0824 e. The monoisotopic (exact) mass is 185 g/mol. The molecule has 1 aliphatic rings. The van der Waals surface area contributed by atoms with E-state index in [1.54, 1.807) is 0 Å². The van der Waals surface area contributed by atoms with Crippen molar-refractivity contribution in [3.05, 3.63) is 6.92 Å². The van der Waals surface area contributed by atoms with Crippen molar-refractivity contribution in [1.82, 2.24) is 0 Å². The Kier molecular flexibility index (Phi) is 3.00. The molecule has 1 saturated heterocycles. The zero-order valence-electron chi connectivity index (χ0n) is 8.65. The molecule has 1 nitrogen and oxygen atoms in total. The third-order valence-corrected chi connectivity index (χ3v) is 6.50. The molecule has 1 aliphatic heterocycles. The Labute approximate surface area is 77.5 Å². The van der Waals surface area contributed by atoms with Crippen LogP contribution in [0.25, 0.3) is 0 Å². The third-order valence-electron chi connectivity index (χ3n) is 3.12. The van der Waals surface area contributed by atoms with E-state index < -0.39 is 8.07 Å². The van der Waals surface area contributed by atoms with Gasteiger partial charge in [0.2, 0.25) is 0 Å². The van der Waals surface area contributed by atoms with Crippen LogP contribution in [0, 0.1) is 6.92 Å². The summed E-state index contributed by atoms with van der Waals surface area (Å²) in [5.41, 5.74) is 0. The van der Waals surface area contributed by atoms with Gasteiger partial charge >= 0.3 is 0 Å². The zero-order valence-corrected chi connectivity index (χ0v) is 9.65. The normalized spacial score (nSPS) is 32.0. The van der Waals surface area contributed by atoms with Gasteiger partial charge in [-0.3, -0.25) is 0 Å². The molecular formula is C10H21OSi. The lowest BCUT2D eigenvalue weighted by atomic mass is 10.1. The summed E-state index contributed by atoms with van der Waals surface area (Å²) in [6, 6.07) is 0. The highest BCUT2D eigenvalue weighted by Gasteiger charge is 2.43. The number of hydrogen-bond acceptors (Lipinski definition) is 1. The summed E-state index contributed by atoms with van der Waals surface area (Å²) in [6.45, 7) is 12.2. The van der Waals surface area contributed by atoms with E-state index in [0.29, 0.717) is 0 Å². The first-order chi connectivity index (χ1) is 5.52. The molecule has 0 aliphatic carbocycles. The van der Waals surface area contributed by atoms with Gasteiger partial charge in [0.15, 0.2) is 0 Å². The second-order valence-electron chi connectivity index (χ2n) is 4.80. The fourth-order valence-electron chi connectivity index (χ4n) is 2.02. The third kappa shape index (κ3) is 1.74. The van der Waals surface area contributed by atoms with Crippen LogP contribution in [0.2, 0.25) is 19.6 Å². The van der Waals surface area contributed by atoms with Crippen LogP contribution < -0.4 is 0 Å². The summed E-state index contributed by atoms with van der Waals surface area (Å²) in [6.07, 6.45) is 4.78. The largest absolute Gasteiger partial charge is 0.378 e. The van der Waals surface area contributed by atoms with Crippen molar-refractivity contribution in [2.75, 3.05) is 6.61 Å². The number of hydrogen-bond donors (Lipinski definition) is 0. The Morgan fingerprint density at radius 2 is 2.00 bits per heavy atom. The van der Waals surface area contributed by atoms with E-state index in [4.69, 9.17) is 4.74 Å². The van der Waals surface area contributed by atoms with Gasteiger partial charge in [-0.15, -0.1) is 0 Å². The molecule has 0 amide bonds. The Morgan fingerprint density at radius 1 is 1.33 bits per heavy atom. The van der Waals surface area contributed by atoms with Crippen molar-refractivity contribution in [2.45, 2.75) is 50.5 Å². The first-order valence-electron chi connectivity index (χ1n) is 4.95. The number of rotatable bonds is 2. The molecule has 0 aromatic carbocycles. The fraction of sp³-hybridized carbons (Fsp3) is 0.900. The molecule has 0 aromatic heterocycles. The molecule has 1 unspecified atom stereocenters. The fourth-order valence-corrected chi connectivity index (χ4v) is 4.23. The maximum absolute atomic E-state index is 5.98. The topological polar surface area (TPSA) is 9.23 Å². The maximum atomic E-state index is 5.98. The minimum atomic E-state index is -1.19. The lowest BCUT2D eigenvalue weighted by Crippen LogP contribution is -2.55. The van der Waals surface area contributed by atoms with E-state index in [0.717, 1.165) is 13.0 Å². The van der Waals surface area contributed by atoms with Crippen molar-refractivity contribution in [2.24, 2.45) is 0 Å². The molecule has 1 atom stereocenters. The van der Waals surface area contributed by atoms with Gasteiger partial charge in [-0.1, -0.05) is 26.6 Å². The van der Waals surface area contributed by atoms with Crippen LogP contribution in [0.1, 0.15) is 25.7 Å².